The first-order valence-electron chi connectivity index (χ1n) is 7.43. The Balaban J connectivity index is 2.15. The standard InChI is InChI=1S/C20H21NOS/c1-14(2)23-13-16(4)17-8-6-10-19(12-17)21-20(22)18-9-5-7-15(3)11-18/h5-13H,1H2,2-4H3,(H,21,22)/b16-13+. The van der Waals surface area contributed by atoms with Gasteiger partial charge in [0, 0.05) is 11.3 Å². The Morgan fingerprint density at radius 2 is 1.78 bits per heavy atom. The zero-order valence-electron chi connectivity index (χ0n) is 13.7. The Hall–Kier alpha value is -2.26. The summed E-state index contributed by atoms with van der Waals surface area (Å²) in [6.07, 6.45) is 0. The van der Waals surface area contributed by atoms with Gasteiger partial charge in [-0.1, -0.05) is 36.4 Å². The van der Waals surface area contributed by atoms with Crippen LogP contribution in [0.3, 0.4) is 0 Å². The molecule has 2 nitrogen and oxygen atoms in total. The molecule has 0 heterocycles. The van der Waals surface area contributed by atoms with Crippen molar-refractivity contribution >= 4 is 28.9 Å². The van der Waals surface area contributed by atoms with Crippen LogP contribution in [0.1, 0.15) is 35.3 Å². The smallest absolute Gasteiger partial charge is 0.255 e. The molecule has 0 saturated carbocycles. The van der Waals surface area contributed by atoms with Crippen LogP contribution >= 0.6 is 11.8 Å². The van der Waals surface area contributed by atoms with Crippen molar-refractivity contribution in [2.24, 2.45) is 0 Å². The molecule has 0 bridgehead atoms. The van der Waals surface area contributed by atoms with Crippen LogP contribution in [0.5, 0.6) is 0 Å². The van der Waals surface area contributed by atoms with Crippen molar-refractivity contribution in [2.75, 3.05) is 5.32 Å². The summed E-state index contributed by atoms with van der Waals surface area (Å²) in [5.41, 5.74) is 4.76. The molecule has 1 N–H and O–H groups in total. The molecular formula is C20H21NOS. The average molecular weight is 323 g/mol. The summed E-state index contributed by atoms with van der Waals surface area (Å²) in [4.78, 5) is 13.4. The minimum Gasteiger partial charge on any atom is -0.322 e. The van der Waals surface area contributed by atoms with Crippen LogP contribution in [0.15, 0.2) is 65.4 Å². The number of anilines is 1. The Kier molecular flexibility index (Phi) is 5.83. The first kappa shape index (κ1) is 17.1. The zero-order chi connectivity index (χ0) is 16.8. The first-order valence-corrected chi connectivity index (χ1v) is 8.31. The van der Waals surface area contributed by atoms with Gasteiger partial charge in [-0.2, -0.15) is 0 Å². The molecule has 118 valence electrons. The Morgan fingerprint density at radius 3 is 2.48 bits per heavy atom. The normalized spacial score (nSPS) is 11.2. The van der Waals surface area contributed by atoms with Gasteiger partial charge in [0.25, 0.3) is 5.91 Å². The van der Waals surface area contributed by atoms with E-state index in [2.05, 4.69) is 24.2 Å². The molecule has 1 amide bonds. The number of thioether (sulfide) groups is 1. The van der Waals surface area contributed by atoms with Gasteiger partial charge in [0.15, 0.2) is 0 Å². The van der Waals surface area contributed by atoms with Crippen LogP contribution < -0.4 is 5.32 Å². The zero-order valence-corrected chi connectivity index (χ0v) is 14.5. The second kappa shape index (κ2) is 7.84. The van der Waals surface area contributed by atoms with Crippen molar-refractivity contribution in [1.82, 2.24) is 0 Å². The van der Waals surface area contributed by atoms with Gasteiger partial charge in [-0.3, -0.25) is 4.79 Å². The minimum absolute atomic E-state index is 0.0937. The summed E-state index contributed by atoms with van der Waals surface area (Å²) in [6.45, 7) is 9.89. The van der Waals surface area contributed by atoms with Crippen LogP contribution in [0.2, 0.25) is 0 Å². The third kappa shape index (κ3) is 5.15. The van der Waals surface area contributed by atoms with Gasteiger partial charge in [-0.25, -0.2) is 0 Å². The van der Waals surface area contributed by atoms with E-state index in [-0.39, 0.29) is 5.91 Å². The molecule has 0 saturated heterocycles. The third-order valence-electron chi connectivity index (χ3n) is 3.29. The van der Waals surface area contributed by atoms with Gasteiger partial charge in [-0.15, -0.1) is 11.8 Å². The van der Waals surface area contributed by atoms with Gasteiger partial charge < -0.3 is 5.32 Å². The number of allylic oxidation sites excluding steroid dienone is 2. The molecule has 0 atom stereocenters. The molecule has 0 aliphatic carbocycles. The van der Waals surface area contributed by atoms with Crippen LogP contribution in [0, 0.1) is 6.92 Å². The number of hydrogen-bond donors (Lipinski definition) is 1. The van der Waals surface area contributed by atoms with Crippen LogP contribution in [-0.2, 0) is 0 Å². The van der Waals surface area contributed by atoms with E-state index in [1.165, 1.54) is 0 Å². The molecule has 0 unspecified atom stereocenters. The molecular weight excluding hydrogens is 302 g/mol. The monoisotopic (exact) mass is 323 g/mol. The van der Waals surface area contributed by atoms with E-state index in [9.17, 15) is 4.79 Å². The number of hydrogen-bond acceptors (Lipinski definition) is 2. The largest absolute Gasteiger partial charge is 0.322 e. The lowest BCUT2D eigenvalue weighted by Gasteiger charge is -2.08. The van der Waals surface area contributed by atoms with E-state index in [0.717, 1.165) is 27.3 Å². The van der Waals surface area contributed by atoms with E-state index < -0.39 is 0 Å². The van der Waals surface area contributed by atoms with Crippen molar-refractivity contribution in [3.63, 3.8) is 0 Å². The van der Waals surface area contributed by atoms with Crippen molar-refractivity contribution in [3.8, 4) is 0 Å². The van der Waals surface area contributed by atoms with Gasteiger partial charge >= 0.3 is 0 Å². The highest BCUT2D eigenvalue weighted by atomic mass is 32.2. The van der Waals surface area contributed by atoms with E-state index in [4.69, 9.17) is 0 Å². The fraction of sp³-hybridized carbons (Fsp3) is 0.150. The molecule has 3 heteroatoms. The van der Waals surface area contributed by atoms with Crippen molar-refractivity contribution < 1.29 is 4.79 Å². The van der Waals surface area contributed by atoms with Gasteiger partial charge in [0.2, 0.25) is 0 Å². The van der Waals surface area contributed by atoms with Crippen molar-refractivity contribution in [1.29, 1.82) is 0 Å². The molecule has 0 fully saturated rings. The minimum atomic E-state index is -0.0937. The fourth-order valence-corrected chi connectivity index (χ4v) is 2.60. The summed E-state index contributed by atoms with van der Waals surface area (Å²) in [6, 6.07) is 15.4. The molecule has 23 heavy (non-hydrogen) atoms. The fourth-order valence-electron chi connectivity index (χ4n) is 2.09. The molecule has 0 radical (unpaired) electrons. The molecule has 0 aromatic heterocycles. The second-order valence-corrected chi connectivity index (χ2v) is 6.69. The lowest BCUT2D eigenvalue weighted by atomic mass is 10.1. The number of amides is 1. The molecule has 2 rings (SSSR count). The average Bonchev–Trinajstić information content (AvgIpc) is 2.52. The van der Waals surface area contributed by atoms with Crippen LogP contribution in [0.25, 0.3) is 5.57 Å². The van der Waals surface area contributed by atoms with E-state index in [0.29, 0.717) is 5.56 Å². The first-order chi connectivity index (χ1) is 11.0. The predicted octanol–water partition coefficient (Wildman–Crippen LogP) is 5.87. The lowest BCUT2D eigenvalue weighted by molar-refractivity contribution is 0.102. The summed E-state index contributed by atoms with van der Waals surface area (Å²) in [5.74, 6) is -0.0937. The maximum atomic E-state index is 12.3. The number of benzene rings is 2. The maximum Gasteiger partial charge on any atom is 0.255 e. The van der Waals surface area contributed by atoms with E-state index in [1.807, 2.05) is 62.4 Å². The number of nitrogens with one attached hydrogen (secondary N) is 1. The van der Waals surface area contributed by atoms with Crippen LogP contribution in [-0.4, -0.2) is 5.91 Å². The van der Waals surface area contributed by atoms with Gasteiger partial charge in [-0.05, 0) is 66.5 Å². The molecule has 2 aromatic carbocycles. The molecule has 0 aliphatic heterocycles. The van der Waals surface area contributed by atoms with Gasteiger partial charge in [0.05, 0.1) is 0 Å². The molecule has 0 spiro atoms. The quantitative estimate of drug-likeness (QED) is 0.745. The van der Waals surface area contributed by atoms with Crippen molar-refractivity contribution in [2.45, 2.75) is 20.8 Å². The summed E-state index contributed by atoms with van der Waals surface area (Å²) >= 11 is 1.61. The summed E-state index contributed by atoms with van der Waals surface area (Å²) in [7, 11) is 0. The summed E-state index contributed by atoms with van der Waals surface area (Å²) < 4.78 is 0. The van der Waals surface area contributed by atoms with E-state index in [1.54, 1.807) is 11.8 Å². The Morgan fingerprint density at radius 1 is 1.09 bits per heavy atom. The maximum absolute atomic E-state index is 12.3. The predicted molar refractivity (Wildman–Crippen MR) is 102 cm³/mol. The number of aryl methyl sites for hydroxylation is 1. The third-order valence-corrected chi connectivity index (χ3v) is 4.17. The number of carbonyl (C=O) groups is 1. The molecule has 0 aliphatic rings. The highest BCUT2D eigenvalue weighted by molar-refractivity contribution is 8.05. The second-order valence-electron chi connectivity index (χ2n) is 5.53. The molecule has 2 aromatic rings. The van der Waals surface area contributed by atoms with Crippen LogP contribution in [0.4, 0.5) is 5.69 Å². The number of rotatable bonds is 5. The SMILES string of the molecule is C=C(C)S/C=C(\C)c1cccc(NC(=O)c2cccc(C)c2)c1. The summed E-state index contributed by atoms with van der Waals surface area (Å²) in [5, 5.41) is 5.03. The number of carbonyl (C=O) groups excluding carboxylic acids is 1. The Labute approximate surface area is 142 Å². The topological polar surface area (TPSA) is 29.1 Å². The van der Waals surface area contributed by atoms with Crippen molar-refractivity contribution in [3.05, 3.63) is 82.1 Å². The van der Waals surface area contributed by atoms with Gasteiger partial charge in [0.1, 0.15) is 0 Å². The highest BCUT2D eigenvalue weighted by Gasteiger charge is 2.06. The Bertz CT molecular complexity index is 762. The van der Waals surface area contributed by atoms with E-state index >= 15 is 0 Å². The lowest BCUT2D eigenvalue weighted by Crippen LogP contribution is -2.12. The highest BCUT2D eigenvalue weighted by Crippen LogP contribution is 2.24.